The molecular weight excluding hydrogens is 236 g/mol. The van der Waals surface area contributed by atoms with Gasteiger partial charge in [0.25, 0.3) is 0 Å². The van der Waals surface area contributed by atoms with E-state index < -0.39 is 6.10 Å². The summed E-state index contributed by atoms with van der Waals surface area (Å²) in [6.07, 6.45) is 3.71. The average molecular weight is 252 g/mol. The fraction of sp³-hybridized carbons (Fsp3) is 0.188. The van der Waals surface area contributed by atoms with E-state index in [9.17, 15) is 5.11 Å². The molecule has 0 amide bonds. The summed E-state index contributed by atoms with van der Waals surface area (Å²) in [6.45, 7) is 2.06. The number of fused-ring (bicyclic) bond motifs is 1. The second kappa shape index (κ2) is 4.86. The van der Waals surface area contributed by atoms with Gasteiger partial charge in [-0.3, -0.25) is 0 Å². The molecule has 3 rings (SSSR count). The Morgan fingerprint density at radius 3 is 2.74 bits per heavy atom. The van der Waals surface area contributed by atoms with Crippen molar-refractivity contribution in [2.45, 2.75) is 19.4 Å². The van der Waals surface area contributed by atoms with Crippen LogP contribution in [-0.4, -0.2) is 14.7 Å². The second-order valence-electron chi connectivity index (χ2n) is 4.84. The summed E-state index contributed by atoms with van der Waals surface area (Å²) in [5, 5.41) is 14.6. The van der Waals surface area contributed by atoms with Crippen LogP contribution in [0.3, 0.4) is 0 Å². The Balaban J connectivity index is 1.87. The summed E-state index contributed by atoms with van der Waals surface area (Å²) in [4.78, 5) is 0. The molecule has 0 aliphatic carbocycles. The molecule has 0 saturated carbocycles. The summed E-state index contributed by atoms with van der Waals surface area (Å²) >= 11 is 0. The van der Waals surface area contributed by atoms with Gasteiger partial charge in [0.05, 0.1) is 17.8 Å². The molecule has 1 atom stereocenters. The van der Waals surface area contributed by atoms with Crippen LogP contribution in [0.4, 0.5) is 0 Å². The third kappa shape index (κ3) is 2.37. The van der Waals surface area contributed by atoms with E-state index in [1.54, 1.807) is 10.7 Å². The van der Waals surface area contributed by atoms with E-state index in [2.05, 4.69) is 36.3 Å². The Hall–Kier alpha value is -2.13. The summed E-state index contributed by atoms with van der Waals surface area (Å²) in [5.41, 5.74) is 4.20. The Morgan fingerprint density at radius 2 is 1.95 bits per heavy atom. The van der Waals surface area contributed by atoms with Crippen LogP contribution in [0.2, 0.25) is 0 Å². The molecule has 0 saturated heterocycles. The first-order chi connectivity index (χ1) is 9.24. The number of rotatable bonds is 3. The number of aliphatic hydroxyl groups excluding tert-OH is 1. The molecule has 0 aliphatic rings. The van der Waals surface area contributed by atoms with E-state index in [-0.39, 0.29) is 0 Å². The lowest BCUT2D eigenvalue weighted by Crippen LogP contribution is -2.01. The van der Waals surface area contributed by atoms with Crippen molar-refractivity contribution in [1.29, 1.82) is 0 Å². The number of benzene rings is 1. The van der Waals surface area contributed by atoms with Gasteiger partial charge in [-0.1, -0.05) is 35.9 Å². The zero-order valence-electron chi connectivity index (χ0n) is 10.8. The van der Waals surface area contributed by atoms with Crippen LogP contribution in [-0.2, 0) is 6.42 Å². The highest BCUT2D eigenvalue weighted by molar-refractivity contribution is 5.54. The van der Waals surface area contributed by atoms with Gasteiger partial charge in [-0.2, -0.15) is 5.10 Å². The monoisotopic (exact) mass is 252 g/mol. The van der Waals surface area contributed by atoms with Gasteiger partial charge in [0.1, 0.15) is 0 Å². The molecule has 3 nitrogen and oxygen atoms in total. The van der Waals surface area contributed by atoms with Crippen molar-refractivity contribution in [2.24, 2.45) is 0 Å². The van der Waals surface area contributed by atoms with Crippen LogP contribution in [0.5, 0.6) is 0 Å². The van der Waals surface area contributed by atoms with E-state index in [0.717, 1.165) is 16.6 Å². The maximum absolute atomic E-state index is 10.4. The van der Waals surface area contributed by atoms with Gasteiger partial charge in [0.15, 0.2) is 0 Å². The summed E-state index contributed by atoms with van der Waals surface area (Å²) < 4.78 is 1.79. The molecule has 3 heteroatoms. The number of pyridine rings is 1. The normalized spacial score (nSPS) is 12.7. The van der Waals surface area contributed by atoms with Crippen LogP contribution in [0.25, 0.3) is 5.52 Å². The van der Waals surface area contributed by atoms with E-state index in [1.165, 1.54) is 5.56 Å². The second-order valence-corrected chi connectivity index (χ2v) is 4.84. The Bertz CT molecular complexity index is 685. The lowest BCUT2D eigenvalue weighted by Gasteiger charge is -2.09. The molecule has 3 aromatic rings. The van der Waals surface area contributed by atoms with Crippen molar-refractivity contribution < 1.29 is 5.11 Å². The van der Waals surface area contributed by atoms with E-state index in [0.29, 0.717) is 6.42 Å². The van der Waals surface area contributed by atoms with Crippen LogP contribution >= 0.6 is 0 Å². The number of hydrogen-bond donors (Lipinski definition) is 1. The van der Waals surface area contributed by atoms with E-state index in [4.69, 9.17) is 0 Å². The van der Waals surface area contributed by atoms with Crippen molar-refractivity contribution in [3.63, 3.8) is 0 Å². The summed E-state index contributed by atoms with van der Waals surface area (Å²) in [6, 6.07) is 14.1. The first-order valence-corrected chi connectivity index (χ1v) is 6.40. The average Bonchev–Trinajstić information content (AvgIpc) is 2.85. The maximum Gasteiger partial charge on any atom is 0.0867 e. The molecule has 96 valence electrons. The third-order valence-corrected chi connectivity index (χ3v) is 3.36. The molecule has 2 heterocycles. The fourth-order valence-electron chi connectivity index (χ4n) is 2.27. The van der Waals surface area contributed by atoms with Crippen molar-refractivity contribution >= 4 is 5.52 Å². The number of nitrogens with zero attached hydrogens (tertiary/aromatic N) is 2. The molecule has 0 radical (unpaired) electrons. The van der Waals surface area contributed by atoms with Crippen LogP contribution in [0.15, 0.2) is 54.9 Å². The van der Waals surface area contributed by atoms with Crippen LogP contribution < -0.4 is 0 Å². The fourth-order valence-corrected chi connectivity index (χ4v) is 2.27. The van der Waals surface area contributed by atoms with Crippen molar-refractivity contribution in [3.05, 3.63) is 71.5 Å². The first-order valence-electron chi connectivity index (χ1n) is 6.40. The van der Waals surface area contributed by atoms with Gasteiger partial charge in [0.2, 0.25) is 0 Å². The molecule has 1 unspecified atom stereocenters. The molecule has 2 aromatic heterocycles. The van der Waals surface area contributed by atoms with Crippen molar-refractivity contribution in [2.75, 3.05) is 0 Å². The Morgan fingerprint density at radius 1 is 1.16 bits per heavy atom. The summed E-state index contributed by atoms with van der Waals surface area (Å²) in [5.74, 6) is 0. The highest BCUT2D eigenvalue weighted by atomic mass is 16.3. The van der Waals surface area contributed by atoms with Gasteiger partial charge >= 0.3 is 0 Å². The largest absolute Gasteiger partial charge is 0.388 e. The molecule has 0 bridgehead atoms. The molecule has 1 aromatic carbocycles. The van der Waals surface area contributed by atoms with Crippen molar-refractivity contribution in [1.82, 2.24) is 9.61 Å². The number of hydrogen-bond acceptors (Lipinski definition) is 2. The topological polar surface area (TPSA) is 37.5 Å². The van der Waals surface area contributed by atoms with Gasteiger partial charge in [-0.05, 0) is 24.6 Å². The quantitative estimate of drug-likeness (QED) is 0.778. The van der Waals surface area contributed by atoms with Gasteiger partial charge in [0, 0.05) is 18.2 Å². The molecule has 1 N–H and O–H groups in total. The minimum Gasteiger partial charge on any atom is -0.388 e. The highest BCUT2D eigenvalue weighted by Crippen LogP contribution is 2.22. The smallest absolute Gasteiger partial charge is 0.0867 e. The van der Waals surface area contributed by atoms with E-state index >= 15 is 0 Å². The Kier molecular flexibility index (Phi) is 3.05. The molecule has 0 fully saturated rings. The first kappa shape index (κ1) is 11.9. The Labute approximate surface area is 112 Å². The molecular formula is C16H16N2O. The summed E-state index contributed by atoms with van der Waals surface area (Å²) in [7, 11) is 0. The SMILES string of the molecule is Cc1ccc(CC(O)c2cnn3ccccc23)cc1. The lowest BCUT2D eigenvalue weighted by molar-refractivity contribution is 0.180. The van der Waals surface area contributed by atoms with Gasteiger partial charge in [-0.15, -0.1) is 0 Å². The minimum atomic E-state index is -0.525. The van der Waals surface area contributed by atoms with Gasteiger partial charge in [-0.25, -0.2) is 4.52 Å². The predicted molar refractivity (Wildman–Crippen MR) is 75.0 cm³/mol. The lowest BCUT2D eigenvalue weighted by atomic mass is 10.0. The van der Waals surface area contributed by atoms with Crippen LogP contribution in [0.1, 0.15) is 22.8 Å². The van der Waals surface area contributed by atoms with E-state index in [1.807, 2.05) is 24.4 Å². The standard InChI is InChI=1S/C16H16N2O/c1-12-5-7-13(8-6-12)10-16(19)14-11-17-18-9-3-2-4-15(14)18/h2-9,11,16,19H,10H2,1H3. The number of aryl methyl sites for hydroxylation is 1. The van der Waals surface area contributed by atoms with Crippen molar-refractivity contribution in [3.8, 4) is 0 Å². The zero-order chi connectivity index (χ0) is 13.2. The molecule has 19 heavy (non-hydrogen) atoms. The predicted octanol–water partition coefficient (Wildman–Crippen LogP) is 2.92. The number of aromatic nitrogens is 2. The van der Waals surface area contributed by atoms with Crippen LogP contribution in [0, 0.1) is 6.92 Å². The third-order valence-electron chi connectivity index (χ3n) is 3.36. The maximum atomic E-state index is 10.4. The highest BCUT2D eigenvalue weighted by Gasteiger charge is 2.13. The zero-order valence-corrected chi connectivity index (χ0v) is 10.8. The molecule has 0 spiro atoms. The van der Waals surface area contributed by atoms with Gasteiger partial charge < -0.3 is 5.11 Å². The minimum absolute atomic E-state index is 0.525. The number of aliphatic hydroxyl groups is 1. The molecule has 0 aliphatic heterocycles.